The molecule has 6 unspecified atom stereocenters. The summed E-state index contributed by atoms with van der Waals surface area (Å²) in [7, 11) is 0. The van der Waals surface area contributed by atoms with Crippen LogP contribution in [-0.4, -0.2) is 29.6 Å². The zero-order valence-electron chi connectivity index (χ0n) is 16.8. The number of ketones is 1. The Balaban J connectivity index is 1.57. The minimum Gasteiger partial charge on any atom is -0.458 e. The fourth-order valence-corrected chi connectivity index (χ4v) is 6.75. The molecule has 0 aromatic rings. The highest BCUT2D eigenvalue weighted by Gasteiger charge is 2.56. The van der Waals surface area contributed by atoms with Crippen LogP contribution >= 0.6 is 0 Å². The van der Waals surface area contributed by atoms with Gasteiger partial charge in [0.25, 0.3) is 0 Å². The summed E-state index contributed by atoms with van der Waals surface area (Å²) in [5.41, 5.74) is 3.05. The summed E-state index contributed by atoms with van der Waals surface area (Å²) in [5.74, 6) is 0.752. The summed E-state index contributed by atoms with van der Waals surface area (Å²) in [5, 5.41) is 10.1. The van der Waals surface area contributed by atoms with Gasteiger partial charge in [-0.3, -0.25) is 9.59 Å². The molecule has 0 saturated heterocycles. The summed E-state index contributed by atoms with van der Waals surface area (Å²) in [6.45, 7) is 5.92. The van der Waals surface area contributed by atoms with Gasteiger partial charge in [0.05, 0.1) is 6.10 Å². The van der Waals surface area contributed by atoms with Gasteiger partial charge >= 0.3 is 5.97 Å². The third kappa shape index (κ3) is 2.91. The van der Waals surface area contributed by atoms with Crippen LogP contribution in [0, 0.1) is 28.6 Å². The molecule has 0 amide bonds. The van der Waals surface area contributed by atoms with Crippen molar-refractivity contribution in [1.29, 1.82) is 0 Å². The second-order valence-electron chi connectivity index (χ2n) is 9.64. The predicted molar refractivity (Wildman–Crippen MR) is 103 cm³/mol. The molecule has 0 spiro atoms. The molecule has 0 heterocycles. The summed E-state index contributed by atoms with van der Waals surface area (Å²) >= 11 is 0. The van der Waals surface area contributed by atoms with Crippen LogP contribution in [0.4, 0.5) is 0 Å². The van der Waals surface area contributed by atoms with Crippen LogP contribution in [0.15, 0.2) is 23.3 Å². The average Bonchev–Trinajstić information content (AvgIpc) is 2.97. The van der Waals surface area contributed by atoms with E-state index in [0.717, 1.165) is 44.9 Å². The van der Waals surface area contributed by atoms with E-state index in [4.69, 9.17) is 4.74 Å². The third-order valence-electron chi connectivity index (χ3n) is 8.29. The lowest BCUT2D eigenvalue weighted by Gasteiger charge is -2.56. The molecule has 2 fully saturated rings. The van der Waals surface area contributed by atoms with Crippen molar-refractivity contribution in [2.75, 3.05) is 6.61 Å². The zero-order chi connectivity index (χ0) is 19.4. The monoisotopic (exact) mass is 372 g/mol. The number of rotatable bonds is 3. The Morgan fingerprint density at radius 1 is 1.15 bits per heavy atom. The molecule has 27 heavy (non-hydrogen) atoms. The minimum absolute atomic E-state index is 0.0563. The number of aliphatic hydroxyl groups is 1. The van der Waals surface area contributed by atoms with Crippen LogP contribution in [0.2, 0.25) is 0 Å². The van der Waals surface area contributed by atoms with Gasteiger partial charge in [0.1, 0.15) is 6.61 Å². The molecule has 6 atom stereocenters. The maximum absolute atomic E-state index is 12.7. The molecule has 4 aliphatic rings. The zero-order valence-corrected chi connectivity index (χ0v) is 16.8. The van der Waals surface area contributed by atoms with E-state index in [1.54, 1.807) is 0 Å². The Morgan fingerprint density at radius 2 is 1.89 bits per heavy atom. The Bertz CT molecular complexity index is 720. The van der Waals surface area contributed by atoms with Gasteiger partial charge in [-0.1, -0.05) is 37.1 Å². The minimum atomic E-state index is -0.388. The van der Waals surface area contributed by atoms with Gasteiger partial charge in [-0.25, -0.2) is 0 Å². The molecule has 4 rings (SSSR count). The number of ether oxygens (including phenoxy) is 1. The van der Waals surface area contributed by atoms with E-state index in [1.165, 1.54) is 18.1 Å². The van der Waals surface area contributed by atoms with Crippen molar-refractivity contribution in [3.63, 3.8) is 0 Å². The fourth-order valence-electron chi connectivity index (χ4n) is 6.75. The predicted octanol–water partition coefficient (Wildman–Crippen LogP) is 3.98. The molecule has 0 aliphatic heterocycles. The molecule has 0 aromatic carbocycles. The molecule has 148 valence electrons. The Hall–Kier alpha value is -1.42. The Kier molecular flexibility index (Phi) is 4.61. The van der Waals surface area contributed by atoms with Crippen molar-refractivity contribution in [2.45, 2.75) is 71.8 Å². The number of allylic oxidation sites excluding steroid dienone is 3. The first-order valence-corrected chi connectivity index (χ1v) is 10.5. The highest BCUT2D eigenvalue weighted by Crippen LogP contribution is 2.64. The normalized spacial score (nSPS) is 43.0. The lowest BCUT2D eigenvalue weighted by molar-refractivity contribution is -0.148. The Labute approximate surface area is 162 Å². The van der Waals surface area contributed by atoms with Crippen LogP contribution in [0.3, 0.4) is 0 Å². The molecule has 4 aliphatic carbocycles. The number of carbonyl (C=O) groups is 2. The molecule has 4 heteroatoms. The van der Waals surface area contributed by atoms with Crippen LogP contribution in [0.5, 0.6) is 0 Å². The van der Waals surface area contributed by atoms with E-state index in [-0.39, 0.29) is 41.2 Å². The SMILES string of the molecule is CC(=O)OCC(=O)C1CC=C2C3CC=C4CC(O)CCC4(C)C3CCC21C. The number of aliphatic hydroxyl groups excluding tert-OH is 1. The highest BCUT2D eigenvalue weighted by molar-refractivity contribution is 5.86. The van der Waals surface area contributed by atoms with E-state index in [0.29, 0.717) is 11.8 Å². The molecule has 1 N–H and O–H groups in total. The third-order valence-corrected chi connectivity index (χ3v) is 8.29. The lowest BCUT2D eigenvalue weighted by atomic mass is 9.48. The van der Waals surface area contributed by atoms with Crippen molar-refractivity contribution in [3.05, 3.63) is 23.3 Å². The van der Waals surface area contributed by atoms with Crippen LogP contribution < -0.4 is 0 Å². The maximum atomic E-state index is 12.7. The number of fused-ring (bicyclic) bond motifs is 5. The van der Waals surface area contributed by atoms with Gasteiger partial charge in [0.15, 0.2) is 5.78 Å². The van der Waals surface area contributed by atoms with E-state index in [2.05, 4.69) is 26.0 Å². The first kappa shape index (κ1) is 18.9. The second kappa shape index (κ2) is 6.58. The van der Waals surface area contributed by atoms with Crippen molar-refractivity contribution in [1.82, 2.24) is 0 Å². The van der Waals surface area contributed by atoms with Crippen molar-refractivity contribution >= 4 is 11.8 Å². The van der Waals surface area contributed by atoms with Crippen LogP contribution in [0.25, 0.3) is 0 Å². The highest BCUT2D eigenvalue weighted by atomic mass is 16.5. The summed E-state index contributed by atoms with van der Waals surface area (Å²) in [6.07, 6.45) is 11.3. The largest absolute Gasteiger partial charge is 0.458 e. The van der Waals surface area contributed by atoms with Gasteiger partial charge in [-0.05, 0) is 67.6 Å². The molecular weight excluding hydrogens is 340 g/mol. The summed E-state index contributed by atoms with van der Waals surface area (Å²) in [6, 6.07) is 0. The van der Waals surface area contributed by atoms with E-state index in [9.17, 15) is 14.7 Å². The first-order valence-electron chi connectivity index (χ1n) is 10.5. The topological polar surface area (TPSA) is 63.6 Å². The Morgan fingerprint density at radius 3 is 2.63 bits per heavy atom. The molecule has 4 nitrogen and oxygen atoms in total. The maximum Gasteiger partial charge on any atom is 0.303 e. The number of carbonyl (C=O) groups excluding carboxylic acids is 2. The van der Waals surface area contributed by atoms with Crippen LogP contribution in [0.1, 0.15) is 65.7 Å². The molecule has 0 radical (unpaired) electrons. The number of hydrogen-bond acceptors (Lipinski definition) is 4. The van der Waals surface area contributed by atoms with Gasteiger partial charge in [0.2, 0.25) is 0 Å². The van der Waals surface area contributed by atoms with Crippen molar-refractivity contribution in [2.24, 2.45) is 28.6 Å². The first-order chi connectivity index (χ1) is 12.8. The fraction of sp³-hybridized carbons (Fsp3) is 0.739. The number of Topliss-reactive ketones (excluding diaryl/α,β-unsaturated/α-hetero) is 1. The van der Waals surface area contributed by atoms with Crippen molar-refractivity contribution < 1.29 is 19.4 Å². The quantitative estimate of drug-likeness (QED) is 0.601. The van der Waals surface area contributed by atoms with Crippen LogP contribution in [-0.2, 0) is 14.3 Å². The average molecular weight is 373 g/mol. The van der Waals surface area contributed by atoms with E-state index < -0.39 is 0 Å². The lowest BCUT2D eigenvalue weighted by Crippen LogP contribution is -2.48. The van der Waals surface area contributed by atoms with Gasteiger partial charge < -0.3 is 9.84 Å². The molecule has 0 aromatic heterocycles. The van der Waals surface area contributed by atoms with Gasteiger partial charge in [-0.15, -0.1) is 0 Å². The van der Waals surface area contributed by atoms with Gasteiger partial charge in [-0.2, -0.15) is 0 Å². The van der Waals surface area contributed by atoms with E-state index in [1.807, 2.05) is 0 Å². The summed E-state index contributed by atoms with van der Waals surface area (Å²) < 4.78 is 5.00. The number of esters is 1. The standard InChI is InChI=1S/C23H32O4/c1-14(24)27-13-21(26)20-7-6-18-17-5-4-15-12-16(25)8-10-22(15,2)19(17)9-11-23(18,20)3/h4,6,16-17,19-20,25H,5,7-13H2,1-3H3. The second-order valence-corrected chi connectivity index (χ2v) is 9.64. The molecule has 2 saturated carbocycles. The van der Waals surface area contributed by atoms with Crippen molar-refractivity contribution in [3.8, 4) is 0 Å². The smallest absolute Gasteiger partial charge is 0.303 e. The summed E-state index contributed by atoms with van der Waals surface area (Å²) in [4.78, 5) is 23.8. The molecular formula is C23H32O4. The van der Waals surface area contributed by atoms with Gasteiger partial charge in [0, 0.05) is 12.8 Å². The molecule has 0 bridgehead atoms. The number of hydrogen-bond donors (Lipinski definition) is 1. The van der Waals surface area contributed by atoms with E-state index >= 15 is 0 Å².